The highest BCUT2D eigenvalue weighted by molar-refractivity contribution is 5.79. The molecule has 16 heavy (non-hydrogen) atoms. The summed E-state index contributed by atoms with van der Waals surface area (Å²) in [7, 11) is 0. The summed E-state index contributed by atoms with van der Waals surface area (Å²) in [6.45, 7) is 4.02. The standard InChI is InChI=1S/C13H23NO2/c1-3-13(4-2,10-15)14-12(16)11-8-6-5-7-9-11/h5-6,11,15H,3-4,7-10H2,1-2H3,(H,14,16). The van der Waals surface area contributed by atoms with Crippen molar-refractivity contribution in [2.75, 3.05) is 6.61 Å². The molecule has 3 heteroatoms. The van der Waals surface area contributed by atoms with Gasteiger partial charge in [0.1, 0.15) is 0 Å². The first-order chi connectivity index (χ1) is 7.67. The van der Waals surface area contributed by atoms with Crippen LogP contribution in [0.1, 0.15) is 46.0 Å². The van der Waals surface area contributed by atoms with Crippen molar-refractivity contribution in [3.8, 4) is 0 Å². The molecule has 1 amide bonds. The molecule has 0 aliphatic heterocycles. The number of rotatable bonds is 5. The lowest BCUT2D eigenvalue weighted by Gasteiger charge is -2.32. The van der Waals surface area contributed by atoms with Crippen LogP contribution in [0.5, 0.6) is 0 Å². The number of allylic oxidation sites excluding steroid dienone is 2. The van der Waals surface area contributed by atoms with Crippen LogP contribution in [0.2, 0.25) is 0 Å². The largest absolute Gasteiger partial charge is 0.394 e. The molecule has 0 aromatic rings. The number of carbonyl (C=O) groups excluding carboxylic acids is 1. The maximum atomic E-state index is 12.0. The molecule has 92 valence electrons. The van der Waals surface area contributed by atoms with Crippen molar-refractivity contribution in [3.63, 3.8) is 0 Å². The predicted molar refractivity (Wildman–Crippen MR) is 65.0 cm³/mol. The molecular formula is C13H23NO2. The Bertz CT molecular complexity index is 248. The molecule has 1 aliphatic rings. The summed E-state index contributed by atoms with van der Waals surface area (Å²) in [5, 5.41) is 12.4. The quantitative estimate of drug-likeness (QED) is 0.703. The lowest BCUT2D eigenvalue weighted by atomic mass is 9.89. The molecule has 0 radical (unpaired) electrons. The molecule has 1 atom stereocenters. The van der Waals surface area contributed by atoms with Gasteiger partial charge in [-0.15, -0.1) is 0 Å². The molecule has 0 aromatic carbocycles. The van der Waals surface area contributed by atoms with Crippen LogP contribution >= 0.6 is 0 Å². The van der Waals surface area contributed by atoms with Gasteiger partial charge in [0.25, 0.3) is 0 Å². The van der Waals surface area contributed by atoms with Gasteiger partial charge in [-0.3, -0.25) is 4.79 Å². The highest BCUT2D eigenvalue weighted by atomic mass is 16.3. The Balaban J connectivity index is 2.57. The number of aliphatic hydroxyl groups excluding tert-OH is 1. The molecular weight excluding hydrogens is 202 g/mol. The second-order valence-electron chi connectivity index (χ2n) is 4.62. The number of amides is 1. The smallest absolute Gasteiger partial charge is 0.223 e. The minimum atomic E-state index is -0.418. The first-order valence-corrected chi connectivity index (χ1v) is 6.25. The van der Waals surface area contributed by atoms with E-state index in [1.165, 1.54) is 0 Å². The van der Waals surface area contributed by atoms with Crippen LogP contribution in [0.3, 0.4) is 0 Å². The lowest BCUT2D eigenvalue weighted by Crippen LogP contribution is -2.52. The third-order valence-corrected chi connectivity index (χ3v) is 3.68. The van der Waals surface area contributed by atoms with Gasteiger partial charge in [0, 0.05) is 5.92 Å². The van der Waals surface area contributed by atoms with Gasteiger partial charge in [0.2, 0.25) is 5.91 Å². The average Bonchev–Trinajstić information content (AvgIpc) is 2.37. The van der Waals surface area contributed by atoms with Crippen molar-refractivity contribution in [2.45, 2.75) is 51.5 Å². The van der Waals surface area contributed by atoms with Crippen LogP contribution in [-0.2, 0) is 4.79 Å². The Hall–Kier alpha value is -0.830. The van der Waals surface area contributed by atoms with E-state index in [2.05, 4.69) is 17.5 Å². The fourth-order valence-corrected chi connectivity index (χ4v) is 2.09. The summed E-state index contributed by atoms with van der Waals surface area (Å²) in [6, 6.07) is 0. The summed E-state index contributed by atoms with van der Waals surface area (Å²) >= 11 is 0. The van der Waals surface area contributed by atoms with Gasteiger partial charge in [-0.05, 0) is 32.1 Å². The Labute approximate surface area is 97.9 Å². The lowest BCUT2D eigenvalue weighted by molar-refractivity contribution is -0.128. The Kier molecular flexibility index (Phi) is 5.00. The van der Waals surface area contributed by atoms with Gasteiger partial charge in [0.05, 0.1) is 12.1 Å². The van der Waals surface area contributed by atoms with Crippen molar-refractivity contribution in [2.24, 2.45) is 5.92 Å². The molecule has 2 N–H and O–H groups in total. The molecule has 0 fully saturated rings. The summed E-state index contributed by atoms with van der Waals surface area (Å²) in [5.74, 6) is 0.191. The first kappa shape index (κ1) is 13.2. The Morgan fingerprint density at radius 3 is 2.56 bits per heavy atom. The molecule has 0 aromatic heterocycles. The molecule has 0 spiro atoms. The molecule has 1 unspecified atom stereocenters. The van der Waals surface area contributed by atoms with Gasteiger partial charge < -0.3 is 10.4 Å². The Morgan fingerprint density at radius 1 is 1.44 bits per heavy atom. The van der Waals surface area contributed by atoms with Crippen molar-refractivity contribution < 1.29 is 9.90 Å². The van der Waals surface area contributed by atoms with Crippen molar-refractivity contribution in [1.82, 2.24) is 5.32 Å². The number of nitrogens with one attached hydrogen (secondary N) is 1. The second kappa shape index (κ2) is 6.04. The predicted octanol–water partition coefficient (Wildman–Crippen LogP) is 2.01. The summed E-state index contributed by atoms with van der Waals surface area (Å²) in [4.78, 5) is 12.0. The summed E-state index contributed by atoms with van der Waals surface area (Å²) in [5.41, 5.74) is -0.418. The number of aliphatic hydroxyl groups is 1. The van der Waals surface area contributed by atoms with Crippen molar-refractivity contribution in [1.29, 1.82) is 0 Å². The van der Waals surface area contributed by atoms with Crippen LogP contribution < -0.4 is 5.32 Å². The van der Waals surface area contributed by atoms with E-state index in [4.69, 9.17) is 0 Å². The van der Waals surface area contributed by atoms with Crippen molar-refractivity contribution >= 4 is 5.91 Å². The summed E-state index contributed by atoms with van der Waals surface area (Å²) in [6.07, 6.45) is 8.50. The molecule has 0 heterocycles. The zero-order valence-electron chi connectivity index (χ0n) is 10.3. The van der Waals surface area contributed by atoms with E-state index in [9.17, 15) is 9.90 Å². The van der Waals surface area contributed by atoms with E-state index in [0.29, 0.717) is 0 Å². The number of carbonyl (C=O) groups is 1. The van der Waals surface area contributed by atoms with E-state index in [1.807, 2.05) is 13.8 Å². The van der Waals surface area contributed by atoms with Crippen LogP contribution in [0.25, 0.3) is 0 Å². The SMILES string of the molecule is CCC(CC)(CO)NC(=O)C1CC=CCC1. The van der Waals surface area contributed by atoms with Gasteiger partial charge in [-0.2, -0.15) is 0 Å². The molecule has 3 nitrogen and oxygen atoms in total. The highest BCUT2D eigenvalue weighted by Crippen LogP contribution is 2.21. The average molecular weight is 225 g/mol. The van der Waals surface area contributed by atoms with E-state index < -0.39 is 5.54 Å². The van der Waals surface area contributed by atoms with Gasteiger partial charge >= 0.3 is 0 Å². The minimum absolute atomic E-state index is 0.0221. The first-order valence-electron chi connectivity index (χ1n) is 6.25. The van der Waals surface area contributed by atoms with Crippen LogP contribution in [-0.4, -0.2) is 23.2 Å². The monoisotopic (exact) mass is 225 g/mol. The molecule has 0 saturated heterocycles. The number of hydrogen-bond donors (Lipinski definition) is 2. The molecule has 0 bridgehead atoms. The third-order valence-electron chi connectivity index (χ3n) is 3.68. The third kappa shape index (κ3) is 3.08. The fourth-order valence-electron chi connectivity index (χ4n) is 2.09. The van der Waals surface area contributed by atoms with Crippen molar-refractivity contribution in [3.05, 3.63) is 12.2 Å². The fraction of sp³-hybridized carbons (Fsp3) is 0.769. The maximum absolute atomic E-state index is 12.0. The highest BCUT2D eigenvalue weighted by Gasteiger charge is 2.30. The van der Waals surface area contributed by atoms with E-state index in [0.717, 1.165) is 32.1 Å². The van der Waals surface area contributed by atoms with Crippen LogP contribution in [0.15, 0.2) is 12.2 Å². The second-order valence-corrected chi connectivity index (χ2v) is 4.62. The maximum Gasteiger partial charge on any atom is 0.223 e. The van der Waals surface area contributed by atoms with Crippen LogP contribution in [0, 0.1) is 5.92 Å². The van der Waals surface area contributed by atoms with Gasteiger partial charge in [0.15, 0.2) is 0 Å². The Morgan fingerprint density at radius 2 is 2.12 bits per heavy atom. The summed E-state index contributed by atoms with van der Waals surface area (Å²) < 4.78 is 0. The molecule has 1 aliphatic carbocycles. The molecule has 0 saturated carbocycles. The normalized spacial score (nSPS) is 20.8. The van der Waals surface area contributed by atoms with Crippen LogP contribution in [0.4, 0.5) is 0 Å². The molecule has 1 rings (SSSR count). The zero-order valence-corrected chi connectivity index (χ0v) is 10.3. The van der Waals surface area contributed by atoms with Gasteiger partial charge in [-0.1, -0.05) is 26.0 Å². The van der Waals surface area contributed by atoms with E-state index >= 15 is 0 Å². The number of hydrogen-bond acceptors (Lipinski definition) is 2. The van der Waals surface area contributed by atoms with E-state index in [-0.39, 0.29) is 18.4 Å². The van der Waals surface area contributed by atoms with E-state index in [1.54, 1.807) is 0 Å². The minimum Gasteiger partial charge on any atom is -0.394 e. The topological polar surface area (TPSA) is 49.3 Å². The zero-order chi connectivity index (χ0) is 12.0. The van der Waals surface area contributed by atoms with Gasteiger partial charge in [-0.25, -0.2) is 0 Å².